The van der Waals surface area contributed by atoms with Gasteiger partial charge in [-0.05, 0) is 42.5 Å². The number of pyridine rings is 1. The highest BCUT2D eigenvalue weighted by atomic mass is 15.0. The van der Waals surface area contributed by atoms with Gasteiger partial charge in [-0.2, -0.15) is 0 Å². The van der Waals surface area contributed by atoms with Gasteiger partial charge >= 0.3 is 0 Å². The van der Waals surface area contributed by atoms with E-state index in [1.54, 1.807) is 0 Å². The molecule has 3 rings (SSSR count). The molecule has 0 saturated heterocycles. The van der Waals surface area contributed by atoms with Crippen molar-refractivity contribution in [1.82, 2.24) is 9.55 Å². The summed E-state index contributed by atoms with van der Waals surface area (Å²) in [4.78, 5) is 4.52. The molecule has 0 bridgehead atoms. The van der Waals surface area contributed by atoms with E-state index >= 15 is 0 Å². The molecule has 2 aromatic heterocycles. The summed E-state index contributed by atoms with van der Waals surface area (Å²) >= 11 is 0. The number of benzene rings is 1. The van der Waals surface area contributed by atoms with E-state index in [2.05, 4.69) is 46.1 Å². The molecule has 0 spiro atoms. The molecule has 0 radical (unpaired) electrons. The van der Waals surface area contributed by atoms with E-state index < -0.39 is 0 Å². The molecule has 0 fully saturated rings. The van der Waals surface area contributed by atoms with Crippen molar-refractivity contribution >= 4 is 16.6 Å². The molecule has 3 aromatic rings. The van der Waals surface area contributed by atoms with Crippen LogP contribution >= 0.6 is 0 Å². The van der Waals surface area contributed by atoms with Crippen molar-refractivity contribution in [2.75, 3.05) is 5.73 Å². The van der Waals surface area contributed by atoms with E-state index in [0.717, 1.165) is 29.1 Å². The zero-order chi connectivity index (χ0) is 13.4. The lowest BCUT2D eigenvalue weighted by molar-refractivity contribution is 0.799. The van der Waals surface area contributed by atoms with Gasteiger partial charge in [-0.3, -0.25) is 4.98 Å². The Balaban J connectivity index is 2.04. The average Bonchev–Trinajstić information content (AvgIpc) is 2.83. The predicted molar refractivity (Wildman–Crippen MR) is 79.2 cm³/mol. The normalized spacial score (nSPS) is 11.1. The van der Waals surface area contributed by atoms with Gasteiger partial charge in [-0.1, -0.05) is 18.2 Å². The summed E-state index contributed by atoms with van der Waals surface area (Å²) in [6.45, 7) is 4.78. The fraction of sp³-hybridized carbons (Fsp3) is 0.188. The van der Waals surface area contributed by atoms with Crippen LogP contribution in [0.5, 0.6) is 0 Å². The number of nitrogen functional groups attached to an aromatic ring is 1. The van der Waals surface area contributed by atoms with E-state index in [9.17, 15) is 0 Å². The van der Waals surface area contributed by atoms with Crippen molar-refractivity contribution in [3.8, 4) is 0 Å². The Morgan fingerprint density at radius 2 is 1.95 bits per heavy atom. The summed E-state index contributed by atoms with van der Waals surface area (Å²) < 4.78 is 2.21. The summed E-state index contributed by atoms with van der Waals surface area (Å²) in [5.74, 6) is 0. The first-order valence-electron chi connectivity index (χ1n) is 6.41. The molecule has 0 atom stereocenters. The van der Waals surface area contributed by atoms with E-state index in [1.807, 2.05) is 20.0 Å². The van der Waals surface area contributed by atoms with Crippen LogP contribution in [-0.4, -0.2) is 9.55 Å². The number of nitrogens with two attached hydrogens (primary N) is 1. The van der Waals surface area contributed by atoms with Crippen LogP contribution in [0.1, 0.15) is 16.8 Å². The average molecular weight is 251 g/mol. The van der Waals surface area contributed by atoms with Crippen molar-refractivity contribution < 1.29 is 0 Å². The molecule has 96 valence electrons. The first kappa shape index (κ1) is 11.8. The maximum Gasteiger partial charge on any atom is 0.0652 e. The Morgan fingerprint density at radius 1 is 1.16 bits per heavy atom. The molecular weight excluding hydrogens is 234 g/mol. The molecule has 19 heavy (non-hydrogen) atoms. The molecular formula is C16H17N3. The third-order valence-corrected chi connectivity index (χ3v) is 3.68. The van der Waals surface area contributed by atoms with Gasteiger partial charge in [0, 0.05) is 23.6 Å². The quantitative estimate of drug-likeness (QED) is 0.759. The highest BCUT2D eigenvalue weighted by molar-refractivity contribution is 5.80. The molecule has 0 unspecified atom stereocenters. The fourth-order valence-electron chi connectivity index (χ4n) is 2.39. The minimum absolute atomic E-state index is 0.754. The number of aryl methyl sites for hydroxylation is 1. The molecule has 0 amide bonds. The van der Waals surface area contributed by atoms with Crippen LogP contribution in [0.15, 0.2) is 42.7 Å². The fourth-order valence-corrected chi connectivity index (χ4v) is 2.39. The van der Waals surface area contributed by atoms with Gasteiger partial charge in [-0.15, -0.1) is 0 Å². The first-order chi connectivity index (χ1) is 9.16. The summed E-state index contributed by atoms with van der Waals surface area (Å²) in [5.41, 5.74) is 11.3. The maximum absolute atomic E-state index is 6.08. The van der Waals surface area contributed by atoms with Crippen LogP contribution in [0.4, 0.5) is 5.69 Å². The molecule has 1 aromatic carbocycles. The van der Waals surface area contributed by atoms with Crippen LogP contribution < -0.4 is 5.73 Å². The van der Waals surface area contributed by atoms with Crippen molar-refractivity contribution in [2.24, 2.45) is 0 Å². The largest absolute Gasteiger partial charge is 0.398 e. The Labute approximate surface area is 112 Å². The van der Waals surface area contributed by atoms with Crippen molar-refractivity contribution in [3.63, 3.8) is 0 Å². The first-order valence-corrected chi connectivity index (χ1v) is 6.41. The molecule has 3 nitrogen and oxygen atoms in total. The second-order valence-electron chi connectivity index (χ2n) is 4.93. The second kappa shape index (κ2) is 4.43. The Kier molecular flexibility index (Phi) is 2.75. The number of para-hydroxylation sites is 1. The highest BCUT2D eigenvalue weighted by Crippen LogP contribution is 2.21. The third kappa shape index (κ3) is 1.97. The van der Waals surface area contributed by atoms with E-state index in [4.69, 9.17) is 5.73 Å². The molecule has 0 aliphatic heterocycles. The van der Waals surface area contributed by atoms with Crippen LogP contribution in [0.2, 0.25) is 0 Å². The Bertz CT molecular complexity index is 741. The minimum Gasteiger partial charge on any atom is -0.398 e. The zero-order valence-electron chi connectivity index (χ0n) is 11.2. The summed E-state index contributed by atoms with van der Waals surface area (Å²) in [6.07, 6.45) is 3.95. The standard InChI is InChI=1S/C16H17N3/c1-11-9-18-14(12(2)16(11)17)10-19-8-7-13-5-3-4-6-15(13)19/h3-9H,10H2,1-2H3,(H2,17,18). The SMILES string of the molecule is Cc1cnc(Cn2ccc3ccccc32)c(C)c1N. The lowest BCUT2D eigenvalue weighted by Gasteiger charge is -2.11. The smallest absolute Gasteiger partial charge is 0.0652 e. The van der Waals surface area contributed by atoms with E-state index in [0.29, 0.717) is 0 Å². The van der Waals surface area contributed by atoms with Crippen LogP contribution in [0, 0.1) is 13.8 Å². The van der Waals surface area contributed by atoms with Gasteiger partial charge in [0.05, 0.1) is 12.2 Å². The van der Waals surface area contributed by atoms with E-state index in [-0.39, 0.29) is 0 Å². The monoisotopic (exact) mass is 251 g/mol. The van der Waals surface area contributed by atoms with Crippen molar-refractivity contribution in [1.29, 1.82) is 0 Å². The van der Waals surface area contributed by atoms with E-state index in [1.165, 1.54) is 10.9 Å². The number of rotatable bonds is 2. The van der Waals surface area contributed by atoms with Crippen LogP contribution in [-0.2, 0) is 6.54 Å². The molecule has 0 aliphatic carbocycles. The number of anilines is 1. The van der Waals surface area contributed by atoms with Gasteiger partial charge in [0.1, 0.15) is 0 Å². The van der Waals surface area contributed by atoms with Crippen LogP contribution in [0.3, 0.4) is 0 Å². The van der Waals surface area contributed by atoms with Crippen molar-refractivity contribution in [2.45, 2.75) is 20.4 Å². The number of nitrogens with zero attached hydrogens (tertiary/aromatic N) is 2. The number of hydrogen-bond acceptors (Lipinski definition) is 2. The molecule has 2 heterocycles. The highest BCUT2D eigenvalue weighted by Gasteiger charge is 2.08. The number of aromatic nitrogens is 2. The molecule has 2 N–H and O–H groups in total. The Morgan fingerprint density at radius 3 is 2.79 bits per heavy atom. The lowest BCUT2D eigenvalue weighted by Crippen LogP contribution is -2.06. The maximum atomic E-state index is 6.08. The summed E-state index contributed by atoms with van der Waals surface area (Å²) in [6, 6.07) is 10.5. The molecule has 0 aliphatic rings. The molecule has 0 saturated carbocycles. The minimum atomic E-state index is 0.754. The number of fused-ring (bicyclic) bond motifs is 1. The summed E-state index contributed by atoms with van der Waals surface area (Å²) in [5, 5.41) is 1.25. The van der Waals surface area contributed by atoms with Crippen LogP contribution in [0.25, 0.3) is 10.9 Å². The second-order valence-corrected chi connectivity index (χ2v) is 4.93. The number of hydrogen-bond donors (Lipinski definition) is 1. The topological polar surface area (TPSA) is 43.8 Å². The third-order valence-electron chi connectivity index (χ3n) is 3.68. The van der Waals surface area contributed by atoms with Crippen molar-refractivity contribution in [3.05, 3.63) is 59.5 Å². The van der Waals surface area contributed by atoms with Gasteiger partial charge in [0.15, 0.2) is 0 Å². The van der Waals surface area contributed by atoms with Gasteiger partial charge in [0.2, 0.25) is 0 Å². The lowest BCUT2D eigenvalue weighted by atomic mass is 10.1. The predicted octanol–water partition coefficient (Wildman–Crippen LogP) is 3.28. The zero-order valence-corrected chi connectivity index (χ0v) is 11.2. The summed E-state index contributed by atoms with van der Waals surface area (Å²) in [7, 11) is 0. The molecule has 3 heteroatoms. The van der Waals surface area contributed by atoms with Gasteiger partial charge in [0.25, 0.3) is 0 Å². The van der Waals surface area contributed by atoms with Gasteiger partial charge in [-0.25, -0.2) is 0 Å². The Hall–Kier alpha value is -2.29. The van der Waals surface area contributed by atoms with Gasteiger partial charge < -0.3 is 10.3 Å².